The maximum atomic E-state index is 12.0. The van der Waals surface area contributed by atoms with Gasteiger partial charge < -0.3 is 5.32 Å². The van der Waals surface area contributed by atoms with Gasteiger partial charge in [-0.1, -0.05) is 43.3 Å². The van der Waals surface area contributed by atoms with Crippen LogP contribution in [0.1, 0.15) is 17.4 Å². The number of benzene rings is 1. The van der Waals surface area contributed by atoms with E-state index >= 15 is 0 Å². The third-order valence-electron chi connectivity index (χ3n) is 3.32. The molecule has 0 radical (unpaired) electrons. The van der Waals surface area contributed by atoms with Crippen molar-refractivity contribution in [1.29, 1.82) is 0 Å². The average molecular weight is 331 g/mol. The molecule has 23 heavy (non-hydrogen) atoms. The second kappa shape index (κ2) is 9.07. The molecular weight excluding hydrogens is 310 g/mol. The van der Waals surface area contributed by atoms with E-state index in [1.165, 1.54) is 0 Å². The fourth-order valence-corrected chi connectivity index (χ4v) is 2.76. The van der Waals surface area contributed by atoms with Crippen LogP contribution in [0.25, 0.3) is 0 Å². The number of imide groups is 1. The Morgan fingerprint density at radius 3 is 2.57 bits per heavy atom. The summed E-state index contributed by atoms with van der Waals surface area (Å²) in [6.45, 7) is 4.03. The van der Waals surface area contributed by atoms with Gasteiger partial charge in [-0.25, -0.2) is 4.79 Å². The van der Waals surface area contributed by atoms with Gasteiger partial charge in [0.2, 0.25) is 5.91 Å². The lowest BCUT2D eigenvalue weighted by Crippen LogP contribution is -2.44. The number of urea groups is 1. The summed E-state index contributed by atoms with van der Waals surface area (Å²) in [5.41, 5.74) is 1.14. The summed E-state index contributed by atoms with van der Waals surface area (Å²) < 4.78 is 0. The lowest BCUT2D eigenvalue weighted by molar-refractivity contribution is -0.121. The Labute approximate surface area is 140 Å². The number of hydrogen-bond acceptors (Lipinski definition) is 4. The summed E-state index contributed by atoms with van der Waals surface area (Å²) in [4.78, 5) is 26.7. The first-order chi connectivity index (χ1) is 11.2. The third-order valence-corrected chi connectivity index (χ3v) is 4.20. The van der Waals surface area contributed by atoms with Crippen LogP contribution in [0.5, 0.6) is 0 Å². The molecule has 1 aromatic carbocycles. The fourth-order valence-electron chi connectivity index (χ4n) is 2.12. The van der Waals surface area contributed by atoms with Crippen molar-refractivity contribution in [2.24, 2.45) is 0 Å². The Bertz CT molecular complexity index is 614. The van der Waals surface area contributed by atoms with Crippen molar-refractivity contribution < 1.29 is 9.59 Å². The molecule has 6 heteroatoms. The number of likely N-dealkylation sites (N-methyl/N-ethyl adjacent to an activating group) is 1. The van der Waals surface area contributed by atoms with Crippen molar-refractivity contribution in [1.82, 2.24) is 15.5 Å². The molecule has 0 spiro atoms. The fraction of sp³-hybridized carbons (Fsp3) is 0.294. The number of carbonyl (C=O) groups is 2. The second-order valence-corrected chi connectivity index (χ2v) is 6.13. The summed E-state index contributed by atoms with van der Waals surface area (Å²) in [5.74, 6) is -0.300. The van der Waals surface area contributed by atoms with E-state index in [-0.39, 0.29) is 12.5 Å². The van der Waals surface area contributed by atoms with Crippen molar-refractivity contribution in [3.63, 3.8) is 0 Å². The smallest absolute Gasteiger partial charge is 0.321 e. The lowest BCUT2D eigenvalue weighted by atomic mass is 10.2. The van der Waals surface area contributed by atoms with Crippen molar-refractivity contribution in [3.8, 4) is 0 Å². The molecule has 1 aromatic heterocycles. The number of carbonyl (C=O) groups excluding carboxylic acids is 2. The molecule has 0 fully saturated rings. The largest absolute Gasteiger partial charge is 0.333 e. The number of nitrogens with one attached hydrogen (secondary N) is 2. The van der Waals surface area contributed by atoms with Gasteiger partial charge in [-0.05, 0) is 23.6 Å². The molecule has 0 saturated carbocycles. The van der Waals surface area contributed by atoms with Crippen molar-refractivity contribution >= 4 is 23.3 Å². The Hall–Kier alpha value is -2.18. The number of hydrogen-bond donors (Lipinski definition) is 2. The Morgan fingerprint density at radius 1 is 1.13 bits per heavy atom. The van der Waals surface area contributed by atoms with E-state index in [0.717, 1.165) is 17.0 Å². The normalized spacial score (nSPS) is 10.5. The van der Waals surface area contributed by atoms with Gasteiger partial charge in [0.25, 0.3) is 0 Å². The average Bonchev–Trinajstić information content (AvgIpc) is 3.06. The van der Waals surface area contributed by atoms with Crippen LogP contribution in [0, 0.1) is 0 Å². The zero-order chi connectivity index (χ0) is 16.5. The Morgan fingerprint density at radius 2 is 1.91 bits per heavy atom. The summed E-state index contributed by atoms with van der Waals surface area (Å²) in [7, 11) is 0. The zero-order valence-corrected chi connectivity index (χ0v) is 13.9. The predicted molar refractivity (Wildman–Crippen MR) is 92.1 cm³/mol. The van der Waals surface area contributed by atoms with Crippen molar-refractivity contribution in [3.05, 3.63) is 58.3 Å². The molecule has 0 aliphatic rings. The van der Waals surface area contributed by atoms with E-state index in [1.54, 1.807) is 11.3 Å². The number of rotatable bonds is 7. The first kappa shape index (κ1) is 17.2. The molecule has 0 atom stereocenters. The summed E-state index contributed by atoms with van der Waals surface area (Å²) >= 11 is 1.56. The Kier molecular flexibility index (Phi) is 6.77. The zero-order valence-electron chi connectivity index (χ0n) is 13.1. The minimum atomic E-state index is -0.459. The van der Waals surface area contributed by atoms with E-state index < -0.39 is 6.03 Å². The molecule has 5 nitrogen and oxygen atoms in total. The SMILES string of the molecule is CCN(CC(=O)NC(=O)NCc1cccs1)Cc1ccccc1. The molecule has 2 aromatic rings. The van der Waals surface area contributed by atoms with Crippen LogP contribution >= 0.6 is 11.3 Å². The van der Waals surface area contributed by atoms with Gasteiger partial charge in [0.1, 0.15) is 0 Å². The summed E-state index contributed by atoms with van der Waals surface area (Å²) in [5, 5.41) is 6.99. The molecule has 2 rings (SSSR count). The molecule has 122 valence electrons. The van der Waals surface area contributed by atoms with Crippen LogP contribution in [-0.4, -0.2) is 29.9 Å². The molecule has 2 N–H and O–H groups in total. The third kappa shape index (κ3) is 6.22. The van der Waals surface area contributed by atoms with Gasteiger partial charge in [-0.2, -0.15) is 0 Å². The van der Waals surface area contributed by atoms with Crippen molar-refractivity contribution in [2.45, 2.75) is 20.0 Å². The molecule has 1 heterocycles. The highest BCUT2D eigenvalue weighted by Crippen LogP contribution is 2.07. The lowest BCUT2D eigenvalue weighted by Gasteiger charge is -2.19. The van der Waals surface area contributed by atoms with Gasteiger partial charge in [0.15, 0.2) is 0 Å². The highest BCUT2D eigenvalue weighted by molar-refractivity contribution is 7.09. The highest BCUT2D eigenvalue weighted by atomic mass is 32.1. The van der Waals surface area contributed by atoms with Gasteiger partial charge in [-0.15, -0.1) is 11.3 Å². The van der Waals surface area contributed by atoms with Crippen LogP contribution in [0.3, 0.4) is 0 Å². The minimum absolute atomic E-state index is 0.192. The number of nitrogens with zero attached hydrogens (tertiary/aromatic N) is 1. The van der Waals surface area contributed by atoms with Crippen LogP contribution in [0.4, 0.5) is 4.79 Å². The maximum Gasteiger partial charge on any atom is 0.321 e. The van der Waals surface area contributed by atoms with Crippen molar-refractivity contribution in [2.75, 3.05) is 13.1 Å². The second-order valence-electron chi connectivity index (χ2n) is 5.10. The molecular formula is C17H21N3O2S. The first-order valence-corrected chi connectivity index (χ1v) is 8.41. The minimum Gasteiger partial charge on any atom is -0.333 e. The number of amides is 3. The topological polar surface area (TPSA) is 61.4 Å². The molecule has 0 aliphatic heterocycles. The predicted octanol–water partition coefficient (Wildman–Crippen LogP) is 2.60. The standard InChI is InChI=1S/C17H21N3O2S/c1-2-20(12-14-7-4-3-5-8-14)13-16(21)19-17(22)18-11-15-9-6-10-23-15/h3-10H,2,11-13H2,1H3,(H2,18,19,21,22). The van der Waals surface area contributed by atoms with E-state index in [1.807, 2.05) is 59.7 Å². The summed E-state index contributed by atoms with van der Waals surface area (Å²) in [6.07, 6.45) is 0. The monoisotopic (exact) mass is 331 g/mol. The van der Waals surface area contributed by atoms with Crippen LogP contribution in [-0.2, 0) is 17.9 Å². The quantitative estimate of drug-likeness (QED) is 0.820. The molecule has 0 unspecified atom stereocenters. The van der Waals surface area contributed by atoms with E-state index in [0.29, 0.717) is 13.1 Å². The van der Waals surface area contributed by atoms with Crippen LogP contribution in [0.15, 0.2) is 47.8 Å². The van der Waals surface area contributed by atoms with Gasteiger partial charge in [0.05, 0.1) is 13.1 Å². The van der Waals surface area contributed by atoms with E-state index in [9.17, 15) is 9.59 Å². The molecule has 0 bridgehead atoms. The van der Waals surface area contributed by atoms with Crippen LogP contribution in [0.2, 0.25) is 0 Å². The highest BCUT2D eigenvalue weighted by Gasteiger charge is 2.12. The van der Waals surface area contributed by atoms with Crippen LogP contribution < -0.4 is 10.6 Å². The molecule has 3 amide bonds. The summed E-state index contributed by atoms with van der Waals surface area (Å²) in [6, 6.07) is 13.4. The molecule has 0 aliphatic carbocycles. The number of thiophene rings is 1. The maximum absolute atomic E-state index is 12.0. The van der Waals surface area contributed by atoms with E-state index in [2.05, 4.69) is 10.6 Å². The van der Waals surface area contributed by atoms with E-state index in [4.69, 9.17) is 0 Å². The molecule has 0 saturated heterocycles. The van der Waals surface area contributed by atoms with Gasteiger partial charge in [-0.3, -0.25) is 15.0 Å². The van der Waals surface area contributed by atoms with Gasteiger partial charge in [0, 0.05) is 11.4 Å². The first-order valence-electron chi connectivity index (χ1n) is 7.53. The Balaban J connectivity index is 1.74. The van der Waals surface area contributed by atoms with Gasteiger partial charge >= 0.3 is 6.03 Å².